The zero-order valence-electron chi connectivity index (χ0n) is 6.24. The summed E-state index contributed by atoms with van der Waals surface area (Å²) in [5.41, 5.74) is 0. The molecule has 0 spiro atoms. The van der Waals surface area contributed by atoms with E-state index in [1.54, 1.807) is 6.92 Å². The van der Waals surface area contributed by atoms with Crippen LogP contribution in [-0.2, 0) is 9.09 Å². The minimum absolute atomic E-state index is 0.0718. The second kappa shape index (κ2) is 4.12. The van der Waals surface area contributed by atoms with Gasteiger partial charge >= 0.3 is 7.82 Å². The van der Waals surface area contributed by atoms with Crippen LogP contribution >= 0.6 is 19.4 Å². The van der Waals surface area contributed by atoms with E-state index in [2.05, 4.69) is 4.52 Å². The van der Waals surface area contributed by atoms with E-state index in [4.69, 9.17) is 21.4 Å². The van der Waals surface area contributed by atoms with Gasteiger partial charge in [0.2, 0.25) is 0 Å². The molecule has 0 heterocycles. The first-order valence-corrected chi connectivity index (χ1v) is 4.88. The first-order chi connectivity index (χ1) is 4.87. The Morgan fingerprint density at radius 3 is 2.36 bits per heavy atom. The van der Waals surface area contributed by atoms with E-state index in [-0.39, 0.29) is 5.76 Å². The fourth-order valence-corrected chi connectivity index (χ4v) is 1.04. The van der Waals surface area contributed by atoms with Gasteiger partial charge in [-0.05, 0) is 13.3 Å². The number of hydrogen-bond acceptors (Lipinski definition) is 2. The van der Waals surface area contributed by atoms with E-state index in [1.807, 2.05) is 0 Å². The van der Waals surface area contributed by atoms with Crippen LogP contribution in [0.5, 0.6) is 0 Å². The first-order valence-electron chi connectivity index (χ1n) is 2.97. The Morgan fingerprint density at radius 2 is 2.09 bits per heavy atom. The zero-order valence-corrected chi connectivity index (χ0v) is 7.89. The minimum atomic E-state index is -4.43. The second-order valence-electron chi connectivity index (χ2n) is 1.90. The van der Waals surface area contributed by atoms with Gasteiger partial charge in [-0.3, -0.25) is 9.79 Å². The molecular weight excluding hydrogens is 190 g/mol. The Balaban J connectivity index is 4.29. The number of phosphoric acid groups is 1. The molecule has 0 aromatic carbocycles. The van der Waals surface area contributed by atoms with Crippen LogP contribution in [0, 0.1) is 0 Å². The van der Waals surface area contributed by atoms with E-state index in [0.717, 1.165) is 0 Å². The normalized spacial score (nSPS) is 14.3. The van der Waals surface area contributed by atoms with Gasteiger partial charge < -0.3 is 4.52 Å². The van der Waals surface area contributed by atoms with Crippen molar-refractivity contribution in [2.24, 2.45) is 0 Å². The summed E-state index contributed by atoms with van der Waals surface area (Å²) in [7, 11) is -4.43. The lowest BCUT2D eigenvalue weighted by Gasteiger charge is -2.07. The molecule has 66 valence electrons. The third-order valence-electron chi connectivity index (χ3n) is 0.948. The van der Waals surface area contributed by atoms with Crippen LogP contribution in [0.3, 0.4) is 0 Å². The molecule has 0 aromatic rings. The van der Waals surface area contributed by atoms with Crippen LogP contribution < -0.4 is 0 Å². The van der Waals surface area contributed by atoms with Crippen molar-refractivity contribution in [2.75, 3.05) is 0 Å². The molecule has 0 bridgehead atoms. The van der Waals surface area contributed by atoms with Crippen LogP contribution in [0.1, 0.15) is 20.3 Å². The van der Waals surface area contributed by atoms with Gasteiger partial charge in [-0.25, -0.2) is 4.57 Å². The molecule has 0 fully saturated rings. The molecule has 0 aliphatic carbocycles. The maximum Gasteiger partial charge on any atom is 0.524 e. The molecule has 0 aromatic heterocycles. The summed E-state index contributed by atoms with van der Waals surface area (Å²) in [5, 5.41) is 0.313. The lowest BCUT2D eigenvalue weighted by molar-refractivity contribution is 0.242. The van der Waals surface area contributed by atoms with Gasteiger partial charge in [0.15, 0.2) is 0 Å². The van der Waals surface area contributed by atoms with Crippen molar-refractivity contribution >= 4 is 19.4 Å². The number of halogens is 1. The monoisotopic (exact) mass is 200 g/mol. The van der Waals surface area contributed by atoms with Crippen LogP contribution in [-0.4, -0.2) is 9.79 Å². The van der Waals surface area contributed by atoms with Gasteiger partial charge in [0.25, 0.3) is 0 Å². The minimum Gasteiger partial charge on any atom is -0.408 e. The Labute approximate surface area is 70.1 Å². The Hall–Kier alpha value is -0.0200. The van der Waals surface area contributed by atoms with Crippen molar-refractivity contribution in [3.05, 3.63) is 10.8 Å². The van der Waals surface area contributed by atoms with Crippen molar-refractivity contribution in [3.63, 3.8) is 0 Å². The predicted octanol–water partition coefficient (Wildman–Crippen LogP) is 1.98. The average molecular weight is 201 g/mol. The van der Waals surface area contributed by atoms with Crippen molar-refractivity contribution in [1.82, 2.24) is 0 Å². The molecule has 0 saturated heterocycles. The molecule has 0 unspecified atom stereocenters. The van der Waals surface area contributed by atoms with Gasteiger partial charge in [0, 0.05) is 0 Å². The highest BCUT2D eigenvalue weighted by Gasteiger charge is 2.16. The van der Waals surface area contributed by atoms with Crippen LogP contribution in [0.25, 0.3) is 0 Å². The Morgan fingerprint density at radius 1 is 1.64 bits per heavy atom. The first kappa shape index (κ1) is 11.0. The number of allylic oxidation sites excluding steroid dienone is 2. The molecule has 0 radical (unpaired) electrons. The molecule has 0 aliphatic heterocycles. The summed E-state index contributed by atoms with van der Waals surface area (Å²) in [6.07, 6.45) is 0.493. The van der Waals surface area contributed by atoms with E-state index in [1.165, 1.54) is 6.92 Å². The molecule has 0 atom stereocenters. The van der Waals surface area contributed by atoms with Gasteiger partial charge in [-0.1, -0.05) is 18.5 Å². The fourth-order valence-electron chi connectivity index (χ4n) is 0.477. The summed E-state index contributed by atoms with van der Waals surface area (Å²) in [6, 6.07) is 0. The molecule has 6 heteroatoms. The Kier molecular flexibility index (Phi) is 4.11. The van der Waals surface area contributed by atoms with Crippen molar-refractivity contribution in [2.45, 2.75) is 20.3 Å². The average Bonchev–Trinajstić information content (AvgIpc) is 1.82. The van der Waals surface area contributed by atoms with E-state index < -0.39 is 7.82 Å². The SMILES string of the molecule is CCC(Cl)=C(C)OP(=O)(O)O. The van der Waals surface area contributed by atoms with Crippen LogP contribution in [0.2, 0.25) is 0 Å². The quantitative estimate of drug-likeness (QED) is 0.540. The standard InChI is InChI=1S/C5H10ClO4P/c1-3-5(6)4(2)10-11(7,8)9/h3H2,1-2H3,(H2,7,8,9). The highest BCUT2D eigenvalue weighted by molar-refractivity contribution is 7.46. The smallest absolute Gasteiger partial charge is 0.408 e. The summed E-state index contributed by atoms with van der Waals surface area (Å²) < 4.78 is 14.4. The van der Waals surface area contributed by atoms with Crippen molar-refractivity contribution < 1.29 is 18.9 Å². The van der Waals surface area contributed by atoms with Gasteiger partial charge in [0.1, 0.15) is 5.76 Å². The Bertz CT molecular complexity index is 207. The van der Waals surface area contributed by atoms with Crippen molar-refractivity contribution in [1.29, 1.82) is 0 Å². The molecule has 0 aliphatic rings. The maximum absolute atomic E-state index is 10.2. The van der Waals surface area contributed by atoms with Crippen molar-refractivity contribution in [3.8, 4) is 0 Å². The molecule has 0 saturated carbocycles. The predicted molar refractivity (Wildman–Crippen MR) is 42.0 cm³/mol. The van der Waals surface area contributed by atoms with E-state index in [0.29, 0.717) is 11.5 Å². The summed E-state index contributed by atoms with van der Waals surface area (Å²) >= 11 is 5.53. The lowest BCUT2D eigenvalue weighted by Crippen LogP contribution is -1.88. The number of hydrogen-bond donors (Lipinski definition) is 2. The van der Waals surface area contributed by atoms with Crippen LogP contribution in [0.15, 0.2) is 10.8 Å². The fraction of sp³-hybridized carbons (Fsp3) is 0.600. The summed E-state index contributed by atoms with van der Waals surface area (Å²) in [5.74, 6) is 0.0718. The third kappa shape index (κ3) is 5.27. The lowest BCUT2D eigenvalue weighted by atomic mass is 10.4. The van der Waals surface area contributed by atoms with E-state index >= 15 is 0 Å². The molecule has 2 N–H and O–H groups in total. The second-order valence-corrected chi connectivity index (χ2v) is 3.52. The summed E-state index contributed by atoms with van der Waals surface area (Å²) in [6.45, 7) is 3.17. The third-order valence-corrected chi connectivity index (χ3v) is 1.99. The number of phosphoric ester groups is 1. The van der Waals surface area contributed by atoms with Crippen LogP contribution in [0.4, 0.5) is 0 Å². The molecule has 0 rings (SSSR count). The number of rotatable bonds is 3. The van der Waals surface area contributed by atoms with Gasteiger partial charge in [0.05, 0.1) is 5.03 Å². The molecule has 11 heavy (non-hydrogen) atoms. The maximum atomic E-state index is 10.2. The highest BCUT2D eigenvalue weighted by atomic mass is 35.5. The zero-order chi connectivity index (χ0) is 9.07. The molecular formula is C5H10ClO4P. The van der Waals surface area contributed by atoms with Gasteiger partial charge in [-0.15, -0.1) is 0 Å². The largest absolute Gasteiger partial charge is 0.524 e. The van der Waals surface area contributed by atoms with E-state index in [9.17, 15) is 4.57 Å². The molecule has 4 nitrogen and oxygen atoms in total. The summed E-state index contributed by atoms with van der Waals surface area (Å²) in [4.78, 5) is 16.7. The topological polar surface area (TPSA) is 66.8 Å². The highest BCUT2D eigenvalue weighted by Crippen LogP contribution is 2.40. The molecule has 0 amide bonds. The van der Waals surface area contributed by atoms with Gasteiger partial charge in [-0.2, -0.15) is 0 Å².